The lowest BCUT2D eigenvalue weighted by Gasteiger charge is -2.44. The standard InChI is InChI=1S/C21H29F/c1-14-2-3-16-11-17(5-4-15(16)10-14)18-6-7-20-13-21(22)9-8-19(20)12-18/h8-9,13-18H,2-7,10-12H2,1H3. The van der Waals surface area contributed by atoms with Crippen molar-refractivity contribution in [1.29, 1.82) is 0 Å². The van der Waals surface area contributed by atoms with E-state index >= 15 is 0 Å². The maximum atomic E-state index is 13.4. The highest BCUT2D eigenvalue weighted by atomic mass is 19.1. The van der Waals surface area contributed by atoms with Crippen LogP contribution in [0.1, 0.15) is 63.0 Å². The van der Waals surface area contributed by atoms with Gasteiger partial charge < -0.3 is 0 Å². The molecule has 22 heavy (non-hydrogen) atoms. The Kier molecular flexibility index (Phi) is 4.00. The second-order valence-corrected chi connectivity index (χ2v) is 8.43. The summed E-state index contributed by atoms with van der Waals surface area (Å²) in [7, 11) is 0. The third-order valence-corrected chi connectivity index (χ3v) is 7.02. The molecule has 3 aliphatic rings. The van der Waals surface area contributed by atoms with Crippen LogP contribution in [0.2, 0.25) is 0 Å². The van der Waals surface area contributed by atoms with Crippen LogP contribution in [0.25, 0.3) is 0 Å². The van der Waals surface area contributed by atoms with Crippen molar-refractivity contribution in [2.45, 2.75) is 64.7 Å². The zero-order chi connectivity index (χ0) is 15.1. The Morgan fingerprint density at radius 3 is 2.41 bits per heavy atom. The van der Waals surface area contributed by atoms with Gasteiger partial charge in [0.2, 0.25) is 0 Å². The molecule has 1 heteroatoms. The lowest BCUT2D eigenvalue weighted by Crippen LogP contribution is -2.34. The molecule has 2 fully saturated rings. The van der Waals surface area contributed by atoms with E-state index in [9.17, 15) is 4.39 Å². The highest BCUT2D eigenvalue weighted by Crippen LogP contribution is 2.48. The van der Waals surface area contributed by atoms with Crippen LogP contribution in [0.15, 0.2) is 18.2 Å². The Morgan fingerprint density at radius 2 is 1.55 bits per heavy atom. The molecule has 0 bridgehead atoms. The maximum absolute atomic E-state index is 13.4. The summed E-state index contributed by atoms with van der Waals surface area (Å²) in [5, 5.41) is 0. The van der Waals surface area contributed by atoms with Gasteiger partial charge in [0.15, 0.2) is 0 Å². The van der Waals surface area contributed by atoms with E-state index in [1.807, 2.05) is 6.07 Å². The number of hydrogen-bond acceptors (Lipinski definition) is 0. The summed E-state index contributed by atoms with van der Waals surface area (Å²) in [4.78, 5) is 0. The van der Waals surface area contributed by atoms with Gasteiger partial charge in [0, 0.05) is 0 Å². The van der Waals surface area contributed by atoms with Crippen LogP contribution in [-0.2, 0) is 12.8 Å². The van der Waals surface area contributed by atoms with Gasteiger partial charge in [0.1, 0.15) is 5.82 Å². The van der Waals surface area contributed by atoms with Crippen molar-refractivity contribution in [1.82, 2.24) is 0 Å². The van der Waals surface area contributed by atoms with Crippen molar-refractivity contribution in [3.63, 3.8) is 0 Å². The first-order chi connectivity index (χ1) is 10.7. The molecule has 0 aliphatic heterocycles. The van der Waals surface area contributed by atoms with E-state index in [1.54, 1.807) is 12.1 Å². The van der Waals surface area contributed by atoms with Gasteiger partial charge in [-0.3, -0.25) is 0 Å². The number of hydrogen-bond donors (Lipinski definition) is 0. The van der Waals surface area contributed by atoms with Gasteiger partial charge in [-0.05, 0) is 104 Å². The fourth-order valence-corrected chi connectivity index (χ4v) is 5.74. The van der Waals surface area contributed by atoms with Crippen molar-refractivity contribution in [2.75, 3.05) is 0 Å². The minimum Gasteiger partial charge on any atom is -0.207 e. The Balaban J connectivity index is 1.42. The lowest BCUT2D eigenvalue weighted by atomic mass is 9.61. The number of benzene rings is 1. The topological polar surface area (TPSA) is 0 Å². The van der Waals surface area contributed by atoms with Crippen LogP contribution < -0.4 is 0 Å². The van der Waals surface area contributed by atoms with Crippen LogP contribution in [0.3, 0.4) is 0 Å². The first kappa shape index (κ1) is 14.7. The number of rotatable bonds is 1. The van der Waals surface area contributed by atoms with Crippen molar-refractivity contribution < 1.29 is 4.39 Å². The minimum absolute atomic E-state index is 0.0611. The molecule has 2 saturated carbocycles. The molecule has 3 aliphatic carbocycles. The molecular weight excluding hydrogens is 271 g/mol. The summed E-state index contributed by atoms with van der Waals surface area (Å²) in [6.07, 6.45) is 12.4. The molecule has 4 rings (SSSR count). The van der Waals surface area contributed by atoms with E-state index in [0.717, 1.165) is 36.0 Å². The molecule has 1 aromatic rings. The SMILES string of the molecule is CC1CCC2CC(C3CCc4cc(F)ccc4C3)CCC2C1. The molecule has 0 radical (unpaired) electrons. The monoisotopic (exact) mass is 300 g/mol. The molecule has 0 saturated heterocycles. The fraction of sp³-hybridized carbons (Fsp3) is 0.714. The van der Waals surface area contributed by atoms with E-state index < -0.39 is 0 Å². The van der Waals surface area contributed by atoms with Crippen molar-refractivity contribution in [3.05, 3.63) is 35.1 Å². The predicted octanol–water partition coefficient (Wildman–Crippen LogP) is 5.78. The molecule has 120 valence electrons. The number of fused-ring (bicyclic) bond motifs is 2. The van der Waals surface area contributed by atoms with E-state index in [1.165, 1.54) is 62.5 Å². The zero-order valence-corrected chi connectivity index (χ0v) is 13.9. The molecule has 5 unspecified atom stereocenters. The molecule has 0 N–H and O–H groups in total. The molecule has 0 aromatic heterocycles. The van der Waals surface area contributed by atoms with Gasteiger partial charge >= 0.3 is 0 Å². The van der Waals surface area contributed by atoms with E-state index in [0.29, 0.717) is 0 Å². The summed E-state index contributed by atoms with van der Waals surface area (Å²) >= 11 is 0. The van der Waals surface area contributed by atoms with E-state index in [2.05, 4.69) is 6.92 Å². The maximum Gasteiger partial charge on any atom is 0.123 e. The summed E-state index contributed by atoms with van der Waals surface area (Å²) in [5.74, 6) is 4.75. The third kappa shape index (κ3) is 2.84. The second kappa shape index (κ2) is 5.98. The van der Waals surface area contributed by atoms with Gasteiger partial charge in [-0.1, -0.05) is 19.4 Å². The predicted molar refractivity (Wildman–Crippen MR) is 89.3 cm³/mol. The van der Waals surface area contributed by atoms with Crippen LogP contribution in [-0.4, -0.2) is 0 Å². The Labute approximate surface area is 134 Å². The van der Waals surface area contributed by atoms with Gasteiger partial charge in [0.25, 0.3) is 0 Å². The van der Waals surface area contributed by atoms with Crippen molar-refractivity contribution in [2.24, 2.45) is 29.6 Å². The molecule has 0 spiro atoms. The van der Waals surface area contributed by atoms with Crippen LogP contribution >= 0.6 is 0 Å². The first-order valence-electron chi connectivity index (χ1n) is 9.46. The van der Waals surface area contributed by atoms with Crippen LogP contribution in [0.5, 0.6) is 0 Å². The second-order valence-electron chi connectivity index (χ2n) is 8.43. The average Bonchev–Trinajstić information content (AvgIpc) is 2.54. The van der Waals surface area contributed by atoms with E-state index in [4.69, 9.17) is 0 Å². The Bertz CT molecular complexity index is 535. The largest absolute Gasteiger partial charge is 0.207 e. The molecular formula is C21H29F. The van der Waals surface area contributed by atoms with Gasteiger partial charge in [0.05, 0.1) is 0 Å². The molecule has 0 heterocycles. The van der Waals surface area contributed by atoms with Crippen LogP contribution in [0.4, 0.5) is 4.39 Å². The minimum atomic E-state index is -0.0611. The summed E-state index contributed by atoms with van der Waals surface area (Å²) < 4.78 is 13.4. The van der Waals surface area contributed by atoms with Crippen LogP contribution in [0, 0.1) is 35.4 Å². The number of aryl methyl sites for hydroxylation is 1. The molecule has 1 aromatic carbocycles. The highest BCUT2D eigenvalue weighted by molar-refractivity contribution is 5.30. The van der Waals surface area contributed by atoms with Gasteiger partial charge in [-0.2, -0.15) is 0 Å². The smallest absolute Gasteiger partial charge is 0.123 e. The Hall–Kier alpha value is -0.850. The van der Waals surface area contributed by atoms with Gasteiger partial charge in [-0.25, -0.2) is 4.39 Å². The third-order valence-electron chi connectivity index (χ3n) is 7.02. The average molecular weight is 300 g/mol. The molecule has 0 amide bonds. The molecule has 0 nitrogen and oxygen atoms in total. The van der Waals surface area contributed by atoms with Gasteiger partial charge in [-0.15, -0.1) is 0 Å². The Morgan fingerprint density at radius 1 is 0.818 bits per heavy atom. The number of halogens is 1. The van der Waals surface area contributed by atoms with Crippen molar-refractivity contribution in [3.8, 4) is 0 Å². The quantitative estimate of drug-likeness (QED) is 0.616. The van der Waals surface area contributed by atoms with E-state index in [-0.39, 0.29) is 5.82 Å². The zero-order valence-electron chi connectivity index (χ0n) is 13.9. The summed E-state index contributed by atoms with van der Waals surface area (Å²) in [6, 6.07) is 5.47. The highest BCUT2D eigenvalue weighted by Gasteiger charge is 2.37. The normalized spacial score (nSPS) is 38.2. The van der Waals surface area contributed by atoms with Crippen molar-refractivity contribution >= 4 is 0 Å². The lowest BCUT2D eigenvalue weighted by molar-refractivity contribution is 0.0757. The first-order valence-corrected chi connectivity index (χ1v) is 9.46. The summed E-state index contributed by atoms with van der Waals surface area (Å²) in [5.41, 5.74) is 2.70. The molecule has 5 atom stereocenters. The fourth-order valence-electron chi connectivity index (χ4n) is 5.74. The summed E-state index contributed by atoms with van der Waals surface area (Å²) in [6.45, 7) is 2.44.